The van der Waals surface area contributed by atoms with Crippen molar-refractivity contribution in [2.45, 2.75) is 6.54 Å². The molecular weight excluding hydrogens is 188 g/mol. The normalized spacial score (nSPS) is 10.2. The van der Waals surface area contributed by atoms with E-state index in [4.69, 9.17) is 5.73 Å². The van der Waals surface area contributed by atoms with Gasteiger partial charge in [0.2, 0.25) is 0 Å². The van der Waals surface area contributed by atoms with Gasteiger partial charge < -0.3 is 5.73 Å². The maximum Gasteiger partial charge on any atom is 0.196 e. The summed E-state index contributed by atoms with van der Waals surface area (Å²) in [7, 11) is 0. The highest BCUT2D eigenvalue weighted by Crippen LogP contribution is 2.19. The van der Waals surface area contributed by atoms with E-state index in [0.717, 1.165) is 16.8 Å². The van der Waals surface area contributed by atoms with Crippen molar-refractivity contribution >= 4 is 0 Å². The fourth-order valence-corrected chi connectivity index (χ4v) is 1.36. The summed E-state index contributed by atoms with van der Waals surface area (Å²) in [6.07, 6.45) is 1.33. The summed E-state index contributed by atoms with van der Waals surface area (Å²) in [6, 6.07) is 11.1. The van der Waals surface area contributed by atoms with Crippen molar-refractivity contribution in [3.05, 3.63) is 48.2 Å². The zero-order valence-electron chi connectivity index (χ0n) is 8.18. The van der Waals surface area contributed by atoms with E-state index in [0.29, 0.717) is 6.54 Å². The van der Waals surface area contributed by atoms with Crippen LogP contribution in [0.25, 0.3) is 11.3 Å². The van der Waals surface area contributed by atoms with Gasteiger partial charge in [-0.3, -0.25) is 10.1 Å². The summed E-state index contributed by atoms with van der Waals surface area (Å²) in [5.74, 6) is -0.0719. The van der Waals surface area contributed by atoms with E-state index in [-0.39, 0.29) is 5.75 Å². The monoisotopic (exact) mass is 199 g/mol. The number of rotatable bonds is 2. The molecule has 0 aliphatic heterocycles. The first-order valence-electron chi connectivity index (χ1n) is 4.72. The number of nitrogens with zero attached hydrogens (tertiary/aromatic N) is 1. The molecule has 1 aromatic heterocycles. The smallest absolute Gasteiger partial charge is 0.196 e. The van der Waals surface area contributed by atoms with Gasteiger partial charge in [-0.15, -0.1) is 0 Å². The molecule has 3 nitrogen and oxygen atoms in total. The molecule has 0 spiro atoms. The SMILES string of the molecule is NCc1ccc(-c2ccc([O])cn2)cc1. The van der Waals surface area contributed by atoms with Crippen LogP contribution >= 0.6 is 0 Å². The molecule has 3 heteroatoms. The third kappa shape index (κ3) is 2.14. The quantitative estimate of drug-likeness (QED) is 0.807. The summed E-state index contributed by atoms with van der Waals surface area (Å²) >= 11 is 0. The lowest BCUT2D eigenvalue weighted by Crippen LogP contribution is -1.95. The highest BCUT2D eigenvalue weighted by molar-refractivity contribution is 5.59. The number of nitrogens with two attached hydrogens (primary N) is 1. The summed E-state index contributed by atoms with van der Waals surface area (Å²) < 4.78 is 0. The van der Waals surface area contributed by atoms with Crippen LogP contribution in [0.5, 0.6) is 5.75 Å². The molecule has 1 radical (unpaired) electrons. The van der Waals surface area contributed by atoms with Crippen molar-refractivity contribution < 1.29 is 5.11 Å². The first kappa shape index (κ1) is 9.68. The highest BCUT2D eigenvalue weighted by atomic mass is 16.3. The fraction of sp³-hybridized carbons (Fsp3) is 0.0833. The Kier molecular flexibility index (Phi) is 2.65. The molecule has 2 aromatic rings. The Morgan fingerprint density at radius 3 is 2.33 bits per heavy atom. The number of pyridine rings is 1. The first-order valence-corrected chi connectivity index (χ1v) is 4.72. The Labute approximate surface area is 88.2 Å². The molecule has 15 heavy (non-hydrogen) atoms. The molecular formula is C12H11N2O. The molecule has 2 rings (SSSR count). The van der Waals surface area contributed by atoms with Gasteiger partial charge in [0.05, 0.1) is 11.9 Å². The minimum Gasteiger partial charge on any atom is -0.326 e. The summed E-state index contributed by atoms with van der Waals surface area (Å²) in [5.41, 5.74) is 8.38. The summed E-state index contributed by atoms with van der Waals surface area (Å²) in [5, 5.41) is 10.9. The van der Waals surface area contributed by atoms with Gasteiger partial charge in [-0.2, -0.15) is 0 Å². The molecule has 0 saturated carbocycles. The second-order valence-electron chi connectivity index (χ2n) is 3.28. The molecule has 0 bridgehead atoms. The molecule has 0 atom stereocenters. The molecule has 0 saturated heterocycles. The van der Waals surface area contributed by atoms with Crippen LogP contribution in [0.1, 0.15) is 5.56 Å². The van der Waals surface area contributed by atoms with Gasteiger partial charge in [-0.25, -0.2) is 0 Å². The van der Waals surface area contributed by atoms with Crippen LogP contribution in [0.4, 0.5) is 0 Å². The largest absolute Gasteiger partial charge is 0.326 e. The van der Waals surface area contributed by atoms with E-state index in [1.165, 1.54) is 12.3 Å². The van der Waals surface area contributed by atoms with Crippen LogP contribution in [0, 0.1) is 0 Å². The Bertz CT molecular complexity index is 434. The molecule has 1 aromatic carbocycles. The standard InChI is InChI=1S/C12H11N2O/c13-7-9-1-3-10(4-2-9)12-6-5-11(15)8-14-12/h1-6,8H,7,13H2. The van der Waals surface area contributed by atoms with Gasteiger partial charge >= 0.3 is 0 Å². The van der Waals surface area contributed by atoms with Gasteiger partial charge in [0, 0.05) is 12.1 Å². The predicted molar refractivity (Wildman–Crippen MR) is 57.7 cm³/mol. The number of hydrogen-bond acceptors (Lipinski definition) is 2. The topological polar surface area (TPSA) is 58.8 Å². The van der Waals surface area contributed by atoms with Gasteiger partial charge in [0.15, 0.2) is 5.75 Å². The zero-order chi connectivity index (χ0) is 10.7. The number of aromatic nitrogens is 1. The second-order valence-corrected chi connectivity index (χ2v) is 3.28. The molecule has 0 aliphatic rings. The Morgan fingerprint density at radius 1 is 1.07 bits per heavy atom. The van der Waals surface area contributed by atoms with Crippen LogP contribution in [-0.2, 0) is 11.7 Å². The van der Waals surface area contributed by atoms with E-state index in [9.17, 15) is 5.11 Å². The van der Waals surface area contributed by atoms with E-state index < -0.39 is 0 Å². The number of hydrogen-bond donors (Lipinski definition) is 1. The lowest BCUT2D eigenvalue weighted by molar-refractivity contribution is 0.353. The van der Waals surface area contributed by atoms with Gasteiger partial charge in [0.1, 0.15) is 0 Å². The van der Waals surface area contributed by atoms with Crippen molar-refractivity contribution in [1.29, 1.82) is 0 Å². The van der Waals surface area contributed by atoms with Crippen molar-refractivity contribution in [3.8, 4) is 17.0 Å². The van der Waals surface area contributed by atoms with E-state index in [1.54, 1.807) is 6.07 Å². The van der Waals surface area contributed by atoms with Crippen LogP contribution in [0.15, 0.2) is 42.6 Å². The van der Waals surface area contributed by atoms with Crippen molar-refractivity contribution in [2.24, 2.45) is 5.73 Å². The average molecular weight is 199 g/mol. The van der Waals surface area contributed by atoms with Crippen molar-refractivity contribution in [2.75, 3.05) is 0 Å². The summed E-state index contributed by atoms with van der Waals surface area (Å²) in [6.45, 7) is 0.535. The van der Waals surface area contributed by atoms with Crippen LogP contribution in [-0.4, -0.2) is 4.98 Å². The molecule has 0 unspecified atom stereocenters. The maximum atomic E-state index is 10.9. The minimum atomic E-state index is -0.0719. The van der Waals surface area contributed by atoms with E-state index >= 15 is 0 Å². The second kappa shape index (κ2) is 4.11. The third-order valence-electron chi connectivity index (χ3n) is 2.22. The predicted octanol–water partition coefficient (Wildman–Crippen LogP) is 2.35. The molecule has 2 N–H and O–H groups in total. The van der Waals surface area contributed by atoms with Crippen LogP contribution in [0.3, 0.4) is 0 Å². The highest BCUT2D eigenvalue weighted by Gasteiger charge is 1.99. The Balaban J connectivity index is 2.33. The van der Waals surface area contributed by atoms with Crippen LogP contribution < -0.4 is 5.73 Å². The fourth-order valence-electron chi connectivity index (χ4n) is 1.36. The lowest BCUT2D eigenvalue weighted by atomic mass is 10.1. The molecule has 1 heterocycles. The number of benzene rings is 1. The average Bonchev–Trinajstić information content (AvgIpc) is 2.30. The Morgan fingerprint density at radius 2 is 1.80 bits per heavy atom. The molecule has 0 aliphatic carbocycles. The summed E-state index contributed by atoms with van der Waals surface area (Å²) in [4.78, 5) is 4.06. The lowest BCUT2D eigenvalue weighted by Gasteiger charge is -2.01. The van der Waals surface area contributed by atoms with E-state index in [2.05, 4.69) is 4.98 Å². The third-order valence-corrected chi connectivity index (χ3v) is 2.22. The Hall–Kier alpha value is -1.87. The zero-order valence-corrected chi connectivity index (χ0v) is 8.18. The molecule has 0 fully saturated rings. The van der Waals surface area contributed by atoms with Crippen molar-refractivity contribution in [3.63, 3.8) is 0 Å². The van der Waals surface area contributed by atoms with Gasteiger partial charge in [-0.05, 0) is 17.7 Å². The van der Waals surface area contributed by atoms with Crippen LogP contribution in [0.2, 0.25) is 0 Å². The molecule has 0 amide bonds. The maximum absolute atomic E-state index is 10.9. The molecule has 75 valence electrons. The van der Waals surface area contributed by atoms with Gasteiger partial charge in [-0.1, -0.05) is 24.3 Å². The van der Waals surface area contributed by atoms with Crippen molar-refractivity contribution in [1.82, 2.24) is 4.98 Å². The minimum absolute atomic E-state index is 0.0719. The first-order chi connectivity index (χ1) is 7.29. The van der Waals surface area contributed by atoms with E-state index in [1.807, 2.05) is 24.3 Å². The van der Waals surface area contributed by atoms with Gasteiger partial charge in [0.25, 0.3) is 0 Å².